The molecule has 0 nitrogen and oxygen atoms in total. The Labute approximate surface area is 217 Å². The summed E-state index contributed by atoms with van der Waals surface area (Å²) in [6, 6.07) is 12.9. The number of halogens is 4. The summed E-state index contributed by atoms with van der Waals surface area (Å²) in [5.74, 6) is -1.80. The van der Waals surface area contributed by atoms with Gasteiger partial charge in [-0.2, -0.15) is 0 Å². The van der Waals surface area contributed by atoms with Gasteiger partial charge in [0.1, 0.15) is 0 Å². The molecule has 2 fully saturated rings. The number of hydrogen-bond donors (Lipinski definition) is 0. The van der Waals surface area contributed by atoms with Crippen molar-refractivity contribution in [1.29, 1.82) is 0 Å². The zero-order valence-corrected chi connectivity index (χ0v) is 21.2. The summed E-state index contributed by atoms with van der Waals surface area (Å²) < 4.78 is 59.5. The average molecular weight is 507 g/mol. The highest BCUT2D eigenvalue weighted by molar-refractivity contribution is 5.71. The summed E-state index contributed by atoms with van der Waals surface area (Å²) in [6.07, 6.45) is 12.5. The number of allylic oxidation sites excluding steroid dienone is 1. The molecule has 37 heavy (non-hydrogen) atoms. The van der Waals surface area contributed by atoms with Crippen molar-refractivity contribution in [1.82, 2.24) is 0 Å². The van der Waals surface area contributed by atoms with E-state index in [1.165, 1.54) is 44.2 Å². The van der Waals surface area contributed by atoms with Crippen molar-refractivity contribution in [2.45, 2.75) is 70.1 Å². The molecule has 2 aliphatic rings. The molecule has 0 N–H and O–H groups in total. The van der Waals surface area contributed by atoms with Gasteiger partial charge in [-0.1, -0.05) is 86.7 Å². The van der Waals surface area contributed by atoms with Gasteiger partial charge in [0.2, 0.25) is 0 Å². The Balaban J connectivity index is 1.32. The number of rotatable bonds is 6. The lowest BCUT2D eigenvalue weighted by Crippen LogP contribution is -2.23. The summed E-state index contributed by atoms with van der Waals surface area (Å²) >= 11 is 0. The van der Waals surface area contributed by atoms with Crippen molar-refractivity contribution < 1.29 is 17.6 Å². The first-order valence-electron chi connectivity index (χ1n) is 13.6. The number of benzene rings is 3. The second-order valence-corrected chi connectivity index (χ2v) is 10.8. The smallest absolute Gasteiger partial charge is 0.166 e. The van der Waals surface area contributed by atoms with Crippen LogP contribution in [0, 0.1) is 35.1 Å². The van der Waals surface area contributed by atoms with E-state index in [0.717, 1.165) is 37.5 Å². The van der Waals surface area contributed by atoms with Gasteiger partial charge in [-0.15, -0.1) is 6.58 Å². The Hall–Kier alpha value is -2.88. The molecule has 2 saturated carbocycles. The minimum absolute atomic E-state index is 0.0627. The van der Waals surface area contributed by atoms with Crippen LogP contribution in [0.5, 0.6) is 0 Å². The van der Waals surface area contributed by atoms with Crippen LogP contribution in [0.3, 0.4) is 0 Å². The van der Waals surface area contributed by atoms with Crippen LogP contribution >= 0.6 is 0 Å². The Morgan fingerprint density at radius 3 is 1.73 bits per heavy atom. The van der Waals surface area contributed by atoms with E-state index in [1.54, 1.807) is 42.5 Å². The van der Waals surface area contributed by atoms with Gasteiger partial charge in [0.15, 0.2) is 23.3 Å². The van der Waals surface area contributed by atoms with E-state index < -0.39 is 23.3 Å². The second-order valence-electron chi connectivity index (χ2n) is 10.8. The van der Waals surface area contributed by atoms with Gasteiger partial charge in [0.25, 0.3) is 0 Å². The van der Waals surface area contributed by atoms with Gasteiger partial charge in [-0.3, -0.25) is 0 Å². The van der Waals surface area contributed by atoms with Gasteiger partial charge in [-0.05, 0) is 72.1 Å². The molecule has 0 aliphatic heterocycles. The quantitative estimate of drug-likeness (QED) is 0.230. The van der Waals surface area contributed by atoms with E-state index in [-0.39, 0.29) is 29.0 Å². The molecular weight excluding hydrogens is 472 g/mol. The fourth-order valence-corrected chi connectivity index (χ4v) is 6.56. The highest BCUT2D eigenvalue weighted by Crippen LogP contribution is 2.44. The fourth-order valence-electron chi connectivity index (χ4n) is 6.56. The topological polar surface area (TPSA) is 0 Å². The maximum atomic E-state index is 15.3. The Kier molecular flexibility index (Phi) is 7.83. The molecule has 2 aliphatic carbocycles. The third-order valence-electron chi connectivity index (χ3n) is 8.67. The lowest BCUT2D eigenvalue weighted by atomic mass is 9.70. The summed E-state index contributed by atoms with van der Waals surface area (Å²) in [7, 11) is 0. The molecule has 3 aromatic carbocycles. The van der Waals surface area contributed by atoms with Gasteiger partial charge < -0.3 is 0 Å². The van der Waals surface area contributed by atoms with E-state index in [4.69, 9.17) is 0 Å². The lowest BCUT2D eigenvalue weighted by molar-refractivity contribution is 0.185. The maximum absolute atomic E-state index is 15.3. The third kappa shape index (κ3) is 5.26. The zero-order valence-electron chi connectivity index (χ0n) is 21.2. The molecule has 0 radical (unpaired) electrons. The lowest BCUT2D eigenvalue weighted by Gasteiger charge is -2.36. The zero-order chi connectivity index (χ0) is 25.9. The molecule has 0 amide bonds. The predicted octanol–water partition coefficient (Wildman–Crippen LogP) is 10.2. The van der Waals surface area contributed by atoms with E-state index in [0.29, 0.717) is 16.7 Å². The van der Waals surface area contributed by atoms with Crippen LogP contribution in [0.25, 0.3) is 22.3 Å². The average Bonchev–Trinajstić information content (AvgIpc) is 2.94. The van der Waals surface area contributed by atoms with E-state index >= 15 is 8.78 Å². The largest absolute Gasteiger partial charge is 0.203 e. The molecule has 4 heteroatoms. The maximum Gasteiger partial charge on any atom is 0.166 e. The minimum atomic E-state index is -0.924. The standard InChI is InChI=1S/C33H34F4/c1-2-6-26-17-18-27(31(35)30(26)34)24-13-15-25(16-14-24)29-20-19-28(32(36)33(29)37)23-11-9-22(10-12-23)21-7-4-3-5-8-21/h2,13-23H,1,3-12H2. The Morgan fingerprint density at radius 1 is 0.595 bits per heavy atom. The Morgan fingerprint density at radius 2 is 1.14 bits per heavy atom. The summed E-state index contributed by atoms with van der Waals surface area (Å²) in [6.45, 7) is 3.56. The molecule has 0 spiro atoms. The van der Waals surface area contributed by atoms with Crippen LogP contribution in [0.1, 0.15) is 74.8 Å². The molecule has 194 valence electrons. The molecule has 0 aromatic heterocycles. The van der Waals surface area contributed by atoms with Crippen molar-refractivity contribution in [2.75, 3.05) is 0 Å². The van der Waals surface area contributed by atoms with Crippen molar-refractivity contribution in [3.05, 3.63) is 95.6 Å². The molecule has 0 heterocycles. The van der Waals surface area contributed by atoms with Gasteiger partial charge in [0, 0.05) is 11.1 Å². The molecule has 0 unspecified atom stereocenters. The first-order chi connectivity index (χ1) is 18.0. The molecule has 0 bridgehead atoms. The van der Waals surface area contributed by atoms with E-state index in [1.807, 2.05) is 0 Å². The molecule has 0 saturated heterocycles. The molecule has 5 rings (SSSR count). The van der Waals surface area contributed by atoms with Crippen LogP contribution in [-0.2, 0) is 6.42 Å². The first-order valence-corrected chi connectivity index (χ1v) is 13.6. The fraction of sp³-hybridized carbons (Fsp3) is 0.394. The van der Waals surface area contributed by atoms with Crippen molar-refractivity contribution in [3.63, 3.8) is 0 Å². The van der Waals surface area contributed by atoms with Crippen LogP contribution in [0.2, 0.25) is 0 Å². The molecule has 0 atom stereocenters. The van der Waals surface area contributed by atoms with Crippen LogP contribution in [0.15, 0.2) is 61.2 Å². The molecule has 3 aromatic rings. The highest BCUT2D eigenvalue weighted by atomic mass is 19.2. The highest BCUT2D eigenvalue weighted by Gasteiger charge is 2.31. The molecular formula is C33H34F4. The summed E-state index contributed by atoms with van der Waals surface area (Å²) in [4.78, 5) is 0. The third-order valence-corrected chi connectivity index (χ3v) is 8.67. The number of hydrogen-bond acceptors (Lipinski definition) is 0. The van der Waals surface area contributed by atoms with E-state index in [2.05, 4.69) is 6.58 Å². The second kappa shape index (κ2) is 11.2. The SMILES string of the molecule is C=CCc1ccc(-c2ccc(-c3ccc(C4CCC(C5CCCCC5)CC4)c(F)c3F)cc2)c(F)c1F. The Bertz CT molecular complexity index is 1250. The monoisotopic (exact) mass is 506 g/mol. The van der Waals surface area contributed by atoms with Gasteiger partial charge >= 0.3 is 0 Å². The predicted molar refractivity (Wildman–Crippen MR) is 142 cm³/mol. The van der Waals surface area contributed by atoms with Crippen molar-refractivity contribution >= 4 is 0 Å². The minimum Gasteiger partial charge on any atom is -0.203 e. The van der Waals surface area contributed by atoms with Crippen molar-refractivity contribution in [3.8, 4) is 22.3 Å². The van der Waals surface area contributed by atoms with Crippen LogP contribution in [0.4, 0.5) is 17.6 Å². The summed E-state index contributed by atoms with van der Waals surface area (Å²) in [5, 5.41) is 0. The van der Waals surface area contributed by atoms with Gasteiger partial charge in [-0.25, -0.2) is 17.6 Å². The van der Waals surface area contributed by atoms with Gasteiger partial charge in [0.05, 0.1) is 0 Å². The first kappa shape index (κ1) is 25.8. The van der Waals surface area contributed by atoms with E-state index in [9.17, 15) is 8.78 Å². The van der Waals surface area contributed by atoms with Crippen LogP contribution in [-0.4, -0.2) is 0 Å². The van der Waals surface area contributed by atoms with Crippen LogP contribution < -0.4 is 0 Å². The summed E-state index contributed by atoms with van der Waals surface area (Å²) in [5.41, 5.74) is 2.00. The normalized spacial score (nSPS) is 20.6. The van der Waals surface area contributed by atoms with Crippen molar-refractivity contribution in [2.24, 2.45) is 11.8 Å².